The Hall–Kier alpha value is -3.38. The summed E-state index contributed by atoms with van der Waals surface area (Å²) in [5, 5.41) is 0.616. The highest BCUT2D eigenvalue weighted by Gasteiger charge is 2.50. The Kier molecular flexibility index (Phi) is 5.53. The Morgan fingerprint density at radius 1 is 0.969 bits per heavy atom. The molecule has 2 heterocycles. The summed E-state index contributed by atoms with van der Waals surface area (Å²) in [7, 11) is 1.64. The van der Waals surface area contributed by atoms with Crippen LogP contribution in [-0.4, -0.2) is 37.4 Å². The van der Waals surface area contributed by atoms with Crippen LogP contribution >= 0.6 is 11.6 Å². The summed E-state index contributed by atoms with van der Waals surface area (Å²) < 4.78 is 22.3. The Morgan fingerprint density at radius 2 is 1.69 bits per heavy atom. The molecule has 2 aliphatic heterocycles. The van der Waals surface area contributed by atoms with Crippen LogP contribution in [-0.2, 0) is 11.2 Å². The minimum atomic E-state index is -0.618. The zero-order valence-corrected chi connectivity index (χ0v) is 18.2. The first-order valence-corrected chi connectivity index (χ1v) is 10.8. The van der Waals surface area contributed by atoms with Gasteiger partial charge >= 0.3 is 0 Å². The summed E-state index contributed by atoms with van der Waals surface area (Å²) in [5.41, 5.74) is 2.08. The zero-order chi connectivity index (χ0) is 22.1. The molecule has 32 heavy (non-hydrogen) atoms. The molecule has 0 aliphatic carbocycles. The Morgan fingerprint density at radius 3 is 2.44 bits per heavy atom. The smallest absolute Gasteiger partial charge is 0.266 e. The molecule has 2 aliphatic rings. The number of ether oxygens (including phenoxy) is 4. The highest BCUT2D eigenvalue weighted by Crippen LogP contribution is 2.42. The zero-order valence-electron chi connectivity index (χ0n) is 17.5. The summed E-state index contributed by atoms with van der Waals surface area (Å²) in [4.78, 5) is 14.9. The van der Waals surface area contributed by atoms with E-state index >= 15 is 0 Å². The number of hydrogen-bond acceptors (Lipinski definition) is 5. The molecule has 1 fully saturated rings. The average molecular weight is 452 g/mol. The molecule has 0 spiro atoms. The van der Waals surface area contributed by atoms with Crippen molar-refractivity contribution in [3.05, 3.63) is 82.9 Å². The molecule has 2 atom stereocenters. The first kappa shape index (κ1) is 20.5. The van der Waals surface area contributed by atoms with Gasteiger partial charge in [-0.05, 0) is 66.1 Å². The van der Waals surface area contributed by atoms with Crippen LogP contribution in [0.3, 0.4) is 0 Å². The SMILES string of the molecule is COc1ccc(CCN2C(=O)[C@@H](Oc3ccc(Cl)cc3)[C@@H]2c2ccc3c(c2)OCO3)cc1. The van der Waals surface area contributed by atoms with Gasteiger partial charge in [0.05, 0.1) is 7.11 Å². The second-order valence-corrected chi connectivity index (χ2v) is 8.12. The van der Waals surface area contributed by atoms with Crippen molar-refractivity contribution in [3.63, 3.8) is 0 Å². The number of halogens is 1. The van der Waals surface area contributed by atoms with Crippen LogP contribution < -0.4 is 18.9 Å². The second kappa shape index (κ2) is 8.63. The molecule has 3 aromatic carbocycles. The molecule has 0 N–H and O–H groups in total. The third-order valence-electron chi connectivity index (χ3n) is 5.76. The van der Waals surface area contributed by atoms with Crippen molar-refractivity contribution < 1.29 is 23.7 Å². The predicted octanol–water partition coefficient (Wildman–Crippen LogP) is 4.65. The van der Waals surface area contributed by atoms with E-state index in [1.54, 1.807) is 31.4 Å². The molecule has 164 valence electrons. The molecule has 0 aromatic heterocycles. The van der Waals surface area contributed by atoms with Crippen LogP contribution in [0.1, 0.15) is 17.2 Å². The van der Waals surface area contributed by atoms with Crippen LogP contribution in [0.25, 0.3) is 0 Å². The monoisotopic (exact) mass is 451 g/mol. The molecular formula is C25H22ClNO5. The summed E-state index contributed by atoms with van der Waals surface area (Å²) in [6, 6.07) is 20.5. The first-order valence-electron chi connectivity index (χ1n) is 10.4. The summed E-state index contributed by atoms with van der Waals surface area (Å²) in [6.45, 7) is 0.777. The van der Waals surface area contributed by atoms with Gasteiger partial charge in [-0.15, -0.1) is 0 Å². The molecule has 0 unspecified atom stereocenters. The van der Waals surface area contributed by atoms with Crippen molar-refractivity contribution in [1.29, 1.82) is 0 Å². The number of fused-ring (bicyclic) bond motifs is 1. The highest BCUT2D eigenvalue weighted by molar-refractivity contribution is 6.30. The quantitative estimate of drug-likeness (QED) is 0.489. The topological polar surface area (TPSA) is 57.2 Å². The van der Waals surface area contributed by atoms with E-state index in [0.29, 0.717) is 28.8 Å². The van der Waals surface area contributed by atoms with E-state index in [4.69, 9.17) is 30.5 Å². The Balaban J connectivity index is 1.37. The Labute approximate surface area is 191 Å². The lowest BCUT2D eigenvalue weighted by atomic mass is 9.89. The number of methoxy groups -OCH3 is 1. The van der Waals surface area contributed by atoms with Crippen molar-refractivity contribution in [2.75, 3.05) is 20.4 Å². The second-order valence-electron chi connectivity index (χ2n) is 7.68. The van der Waals surface area contributed by atoms with Crippen LogP contribution in [0, 0.1) is 0 Å². The highest BCUT2D eigenvalue weighted by atomic mass is 35.5. The molecule has 0 bridgehead atoms. The van der Waals surface area contributed by atoms with Gasteiger partial charge in [0.1, 0.15) is 17.5 Å². The lowest BCUT2D eigenvalue weighted by Crippen LogP contribution is -2.61. The molecular weight excluding hydrogens is 430 g/mol. The van der Waals surface area contributed by atoms with Crippen molar-refractivity contribution in [1.82, 2.24) is 4.90 Å². The summed E-state index contributed by atoms with van der Waals surface area (Å²) in [6.07, 6.45) is 0.109. The fourth-order valence-corrected chi connectivity index (χ4v) is 4.16. The number of amides is 1. The fourth-order valence-electron chi connectivity index (χ4n) is 4.03. The molecule has 1 saturated heterocycles. The molecule has 7 heteroatoms. The van der Waals surface area contributed by atoms with Crippen LogP contribution in [0.4, 0.5) is 0 Å². The Bertz CT molecular complexity index is 1120. The van der Waals surface area contributed by atoms with Gasteiger partial charge in [-0.25, -0.2) is 0 Å². The minimum Gasteiger partial charge on any atom is -0.497 e. The number of β-lactam (4-membered cyclic amide) rings is 1. The molecule has 6 nitrogen and oxygen atoms in total. The maximum atomic E-state index is 13.1. The standard InChI is InChI=1S/C25H22ClNO5/c1-29-19-7-2-16(3-8-19)12-13-27-23(17-4-11-21-22(14-17)31-15-30-21)24(25(27)28)32-20-9-5-18(26)6-10-20/h2-11,14,23-24H,12-13,15H2,1H3/t23-,24-/m0/s1. The third-order valence-corrected chi connectivity index (χ3v) is 6.02. The molecule has 5 rings (SSSR count). The molecule has 1 amide bonds. The molecule has 3 aromatic rings. The van der Waals surface area contributed by atoms with Gasteiger partial charge in [0.2, 0.25) is 12.9 Å². The number of hydrogen-bond donors (Lipinski definition) is 0. The maximum Gasteiger partial charge on any atom is 0.266 e. The van der Waals surface area contributed by atoms with Crippen molar-refractivity contribution in [2.24, 2.45) is 0 Å². The van der Waals surface area contributed by atoms with E-state index in [9.17, 15) is 4.79 Å². The first-order chi connectivity index (χ1) is 15.6. The average Bonchev–Trinajstić information content (AvgIpc) is 3.29. The maximum absolute atomic E-state index is 13.1. The van der Waals surface area contributed by atoms with Gasteiger partial charge in [-0.3, -0.25) is 4.79 Å². The number of nitrogens with zero attached hydrogens (tertiary/aromatic N) is 1. The van der Waals surface area contributed by atoms with E-state index in [0.717, 1.165) is 23.3 Å². The number of rotatable bonds is 7. The summed E-state index contributed by atoms with van der Waals surface area (Å²) >= 11 is 5.98. The number of likely N-dealkylation sites (tertiary alicyclic amines) is 1. The van der Waals surface area contributed by atoms with E-state index in [-0.39, 0.29) is 18.7 Å². The third kappa shape index (κ3) is 3.94. The van der Waals surface area contributed by atoms with E-state index in [1.165, 1.54) is 0 Å². The van der Waals surface area contributed by atoms with Gasteiger partial charge in [-0.2, -0.15) is 0 Å². The van der Waals surface area contributed by atoms with Gasteiger partial charge in [0.25, 0.3) is 5.91 Å². The largest absolute Gasteiger partial charge is 0.497 e. The van der Waals surface area contributed by atoms with Crippen molar-refractivity contribution in [3.8, 4) is 23.0 Å². The van der Waals surface area contributed by atoms with E-state index in [1.807, 2.05) is 47.4 Å². The predicted molar refractivity (Wildman–Crippen MR) is 120 cm³/mol. The number of carbonyl (C=O) groups excluding carboxylic acids is 1. The number of carbonyl (C=O) groups is 1. The van der Waals surface area contributed by atoms with Gasteiger partial charge in [0, 0.05) is 11.6 Å². The van der Waals surface area contributed by atoms with Gasteiger partial charge in [-0.1, -0.05) is 29.8 Å². The van der Waals surface area contributed by atoms with Gasteiger partial charge < -0.3 is 23.8 Å². The van der Waals surface area contributed by atoms with E-state index in [2.05, 4.69) is 0 Å². The van der Waals surface area contributed by atoms with Crippen molar-refractivity contribution in [2.45, 2.75) is 18.6 Å². The minimum absolute atomic E-state index is 0.0453. The van der Waals surface area contributed by atoms with Crippen LogP contribution in [0.5, 0.6) is 23.0 Å². The van der Waals surface area contributed by atoms with Crippen molar-refractivity contribution >= 4 is 17.5 Å². The summed E-state index contributed by atoms with van der Waals surface area (Å²) in [5.74, 6) is 2.76. The van der Waals surface area contributed by atoms with E-state index < -0.39 is 6.10 Å². The normalized spacial score (nSPS) is 18.9. The van der Waals surface area contributed by atoms with Crippen LogP contribution in [0.2, 0.25) is 5.02 Å². The van der Waals surface area contributed by atoms with Gasteiger partial charge in [0.15, 0.2) is 11.5 Å². The van der Waals surface area contributed by atoms with Crippen LogP contribution in [0.15, 0.2) is 66.7 Å². The molecule has 0 saturated carbocycles. The lowest BCUT2D eigenvalue weighted by molar-refractivity contribution is -0.164. The molecule has 0 radical (unpaired) electrons. The fraction of sp³-hybridized carbons (Fsp3) is 0.240. The number of benzene rings is 3. The lowest BCUT2D eigenvalue weighted by Gasteiger charge is -2.47.